The molecule has 0 fully saturated rings. The highest BCUT2D eigenvalue weighted by atomic mass is 16.5. The maximum Gasteiger partial charge on any atom is 0.337 e. The molecular weight excluding hydrogens is 204 g/mol. The summed E-state index contributed by atoms with van der Waals surface area (Å²) in [5.74, 6) is -0.289. The molecule has 1 aromatic rings. The van der Waals surface area contributed by atoms with E-state index in [2.05, 4.69) is 4.74 Å². The highest BCUT2D eigenvalue weighted by molar-refractivity contribution is 5.89. The van der Waals surface area contributed by atoms with Crippen LogP contribution in [0.2, 0.25) is 0 Å². The quantitative estimate of drug-likeness (QED) is 0.732. The Morgan fingerprint density at radius 2 is 1.81 bits per heavy atom. The van der Waals surface area contributed by atoms with Gasteiger partial charge in [0.1, 0.15) is 5.78 Å². The van der Waals surface area contributed by atoms with Crippen molar-refractivity contribution in [2.24, 2.45) is 0 Å². The van der Waals surface area contributed by atoms with Crippen molar-refractivity contribution in [2.45, 2.75) is 26.2 Å². The lowest BCUT2D eigenvalue weighted by molar-refractivity contribution is -0.118. The minimum Gasteiger partial charge on any atom is -0.465 e. The van der Waals surface area contributed by atoms with E-state index in [0.29, 0.717) is 5.56 Å². The maximum atomic E-state index is 11.4. The van der Waals surface area contributed by atoms with Gasteiger partial charge < -0.3 is 4.74 Å². The number of rotatable bonds is 4. The predicted molar refractivity (Wildman–Crippen MR) is 61.5 cm³/mol. The van der Waals surface area contributed by atoms with Gasteiger partial charge in [-0.3, -0.25) is 4.79 Å². The molecule has 0 N–H and O–H groups in total. The van der Waals surface area contributed by atoms with E-state index < -0.39 is 0 Å². The summed E-state index contributed by atoms with van der Waals surface area (Å²) in [6.07, 6.45) is 0.771. The van der Waals surface area contributed by atoms with Crippen LogP contribution in [0.3, 0.4) is 0 Å². The minimum atomic E-state index is -0.359. The summed E-state index contributed by atoms with van der Waals surface area (Å²) in [5, 5.41) is 0. The normalized spacial score (nSPS) is 11.9. The van der Waals surface area contributed by atoms with Crippen LogP contribution in [0.1, 0.15) is 42.1 Å². The molecule has 0 aliphatic heterocycles. The Kier molecular flexibility index (Phi) is 4.23. The number of carbonyl (C=O) groups excluding carboxylic acids is 2. The Bertz CT molecular complexity index is 379. The van der Waals surface area contributed by atoms with Gasteiger partial charge in [-0.25, -0.2) is 4.79 Å². The van der Waals surface area contributed by atoms with Gasteiger partial charge in [0, 0.05) is 5.92 Å². The van der Waals surface area contributed by atoms with Crippen molar-refractivity contribution in [3.05, 3.63) is 35.4 Å². The smallest absolute Gasteiger partial charge is 0.337 e. The first kappa shape index (κ1) is 12.4. The highest BCUT2D eigenvalue weighted by Gasteiger charge is 2.14. The van der Waals surface area contributed by atoms with Gasteiger partial charge in [-0.1, -0.05) is 19.1 Å². The summed E-state index contributed by atoms with van der Waals surface area (Å²) in [7, 11) is 1.35. The zero-order valence-electron chi connectivity index (χ0n) is 9.82. The summed E-state index contributed by atoms with van der Waals surface area (Å²) in [6.45, 7) is 3.56. The molecule has 0 amide bonds. The number of esters is 1. The van der Waals surface area contributed by atoms with Gasteiger partial charge in [0.05, 0.1) is 12.7 Å². The molecule has 0 aromatic heterocycles. The number of ketones is 1. The lowest BCUT2D eigenvalue weighted by Gasteiger charge is -2.11. The fourth-order valence-electron chi connectivity index (χ4n) is 1.73. The topological polar surface area (TPSA) is 43.4 Å². The molecule has 86 valence electrons. The van der Waals surface area contributed by atoms with Crippen LogP contribution < -0.4 is 0 Å². The van der Waals surface area contributed by atoms with Crippen LogP contribution in [0.4, 0.5) is 0 Å². The van der Waals surface area contributed by atoms with E-state index in [9.17, 15) is 9.59 Å². The van der Waals surface area contributed by atoms with E-state index in [1.165, 1.54) is 7.11 Å². The maximum absolute atomic E-state index is 11.4. The van der Waals surface area contributed by atoms with E-state index in [4.69, 9.17) is 0 Å². The molecule has 1 unspecified atom stereocenters. The van der Waals surface area contributed by atoms with Crippen LogP contribution in [0.25, 0.3) is 0 Å². The van der Waals surface area contributed by atoms with Crippen LogP contribution in [0.15, 0.2) is 24.3 Å². The van der Waals surface area contributed by atoms with E-state index in [-0.39, 0.29) is 17.7 Å². The van der Waals surface area contributed by atoms with Gasteiger partial charge in [-0.2, -0.15) is 0 Å². The van der Waals surface area contributed by atoms with E-state index >= 15 is 0 Å². The van der Waals surface area contributed by atoms with E-state index in [1.807, 2.05) is 19.1 Å². The lowest BCUT2D eigenvalue weighted by atomic mass is 9.92. The SMILES string of the molecule is CCC(C(C)=O)c1ccc(C(=O)OC)cc1. The van der Waals surface area contributed by atoms with E-state index in [1.54, 1.807) is 19.1 Å². The second kappa shape index (κ2) is 5.45. The molecule has 1 aromatic carbocycles. The van der Waals surface area contributed by atoms with Gasteiger partial charge >= 0.3 is 5.97 Å². The van der Waals surface area contributed by atoms with Gasteiger partial charge in [-0.15, -0.1) is 0 Å². The van der Waals surface area contributed by atoms with Crippen LogP contribution in [0.5, 0.6) is 0 Å². The molecule has 0 saturated heterocycles. The molecule has 1 atom stereocenters. The molecule has 0 aliphatic rings. The first-order valence-corrected chi connectivity index (χ1v) is 5.28. The number of ether oxygens (including phenoxy) is 1. The monoisotopic (exact) mass is 220 g/mol. The zero-order chi connectivity index (χ0) is 12.1. The van der Waals surface area contributed by atoms with Crippen molar-refractivity contribution >= 4 is 11.8 Å². The summed E-state index contributed by atoms with van der Waals surface area (Å²) in [5.41, 5.74) is 1.45. The lowest BCUT2D eigenvalue weighted by Crippen LogP contribution is -2.08. The molecule has 0 heterocycles. The van der Waals surface area contributed by atoms with Gasteiger partial charge in [0.15, 0.2) is 0 Å². The second-order valence-electron chi connectivity index (χ2n) is 3.69. The van der Waals surface area contributed by atoms with Gasteiger partial charge in [-0.05, 0) is 31.0 Å². The summed E-state index contributed by atoms with van der Waals surface area (Å²) in [4.78, 5) is 22.6. The van der Waals surface area contributed by atoms with Crippen molar-refractivity contribution < 1.29 is 14.3 Å². The number of methoxy groups -OCH3 is 1. The molecule has 3 nitrogen and oxygen atoms in total. The van der Waals surface area contributed by atoms with Crippen LogP contribution in [-0.2, 0) is 9.53 Å². The Morgan fingerprint density at radius 1 is 1.25 bits per heavy atom. The Labute approximate surface area is 95.4 Å². The van der Waals surface area contributed by atoms with Crippen molar-refractivity contribution in [1.82, 2.24) is 0 Å². The minimum absolute atomic E-state index is 0.0771. The standard InChI is InChI=1S/C13H16O3/c1-4-12(9(2)14)10-5-7-11(8-6-10)13(15)16-3/h5-8,12H,4H2,1-3H3. The molecule has 0 radical (unpaired) electrons. The molecular formula is C13H16O3. The summed E-state index contributed by atoms with van der Waals surface area (Å²) in [6, 6.07) is 6.99. The fraction of sp³-hybridized carbons (Fsp3) is 0.385. The number of Topliss-reactive ketones (excluding diaryl/α,β-unsaturated/α-hetero) is 1. The zero-order valence-corrected chi connectivity index (χ0v) is 9.82. The Morgan fingerprint density at radius 3 is 2.19 bits per heavy atom. The first-order valence-electron chi connectivity index (χ1n) is 5.28. The average molecular weight is 220 g/mol. The molecule has 0 bridgehead atoms. The van der Waals surface area contributed by atoms with Crippen molar-refractivity contribution in [3.8, 4) is 0 Å². The first-order chi connectivity index (χ1) is 7.60. The summed E-state index contributed by atoms with van der Waals surface area (Å²) < 4.78 is 4.60. The fourth-order valence-corrected chi connectivity index (χ4v) is 1.73. The molecule has 0 spiro atoms. The second-order valence-corrected chi connectivity index (χ2v) is 3.69. The Balaban J connectivity index is 2.93. The van der Waals surface area contributed by atoms with Crippen molar-refractivity contribution in [3.63, 3.8) is 0 Å². The van der Waals surface area contributed by atoms with Gasteiger partial charge in [0.25, 0.3) is 0 Å². The van der Waals surface area contributed by atoms with E-state index in [0.717, 1.165) is 12.0 Å². The molecule has 1 rings (SSSR count). The number of hydrogen-bond acceptors (Lipinski definition) is 3. The van der Waals surface area contributed by atoms with Gasteiger partial charge in [0.2, 0.25) is 0 Å². The third kappa shape index (κ3) is 2.69. The van der Waals surface area contributed by atoms with Crippen LogP contribution in [0, 0.1) is 0 Å². The molecule has 0 saturated carbocycles. The third-order valence-electron chi connectivity index (χ3n) is 2.63. The molecule has 16 heavy (non-hydrogen) atoms. The largest absolute Gasteiger partial charge is 0.465 e. The average Bonchev–Trinajstić information content (AvgIpc) is 2.29. The van der Waals surface area contributed by atoms with Crippen LogP contribution >= 0.6 is 0 Å². The third-order valence-corrected chi connectivity index (χ3v) is 2.63. The number of carbonyl (C=O) groups is 2. The summed E-state index contributed by atoms with van der Waals surface area (Å²) >= 11 is 0. The predicted octanol–water partition coefficient (Wildman–Crippen LogP) is 2.56. The number of benzene rings is 1. The van der Waals surface area contributed by atoms with Crippen LogP contribution in [-0.4, -0.2) is 18.9 Å². The molecule has 0 aliphatic carbocycles. The van der Waals surface area contributed by atoms with Crippen molar-refractivity contribution in [1.29, 1.82) is 0 Å². The number of hydrogen-bond donors (Lipinski definition) is 0. The Hall–Kier alpha value is -1.64. The van der Waals surface area contributed by atoms with Crippen molar-refractivity contribution in [2.75, 3.05) is 7.11 Å². The highest BCUT2D eigenvalue weighted by Crippen LogP contribution is 2.21. The molecule has 3 heteroatoms.